The second-order valence-corrected chi connectivity index (χ2v) is 40.0. The largest absolute Gasteiger partial charge is 0.457 e. The number of hydrogen-bond acceptors (Lipinski definition) is 10. The smallest absolute Gasteiger partial charge is 0.420 e. The predicted molar refractivity (Wildman–Crippen MR) is 442 cm³/mol. The van der Waals surface area contributed by atoms with Crippen LogP contribution in [0, 0.1) is 0 Å². The van der Waals surface area contributed by atoms with Crippen molar-refractivity contribution in [3.8, 4) is 127 Å². The summed E-state index contributed by atoms with van der Waals surface area (Å²) in [5.74, 6) is -0.917. The summed E-state index contributed by atoms with van der Waals surface area (Å²) in [6, 6.07) is 59.7. The standard InChI is InChI=1S/C94H68F12O4S6/c1-85(2)45-89-46-86(3,4)58-18-14-54(42-62(58)89)108-70-22-10-50(38-66(70)92(98,99)100)74-26-30-78(112-74)82-35-36-84(116-82)80-32-28-76(114-80)52-12-24-72(68(40-52)94(104,105)106)110-56-16-20-60-64(44-56)90(48-88(60,7)8)47-87(5,6)59-19-15-55(43-63(59)90)109-71-23-11-51(39-67(71)93(101,102)103)75-27-31-79(113-75)83-34-33-81(115-83)77-29-25-73(111-77)49-9-21-69(65(37-49)91(95,96)97)107-53-13-17-57(85)61(89)41-53/h9-44H,45-48H2,1-8H3. The van der Waals surface area contributed by atoms with Crippen molar-refractivity contribution in [1.29, 1.82) is 0 Å². The lowest BCUT2D eigenvalue weighted by Crippen LogP contribution is -2.27. The van der Waals surface area contributed by atoms with Crippen LogP contribution in [0.1, 0.15) is 148 Å². The lowest BCUT2D eigenvalue weighted by molar-refractivity contribution is -0.139. The summed E-state index contributed by atoms with van der Waals surface area (Å²) in [6.45, 7) is 16.9. The van der Waals surface area contributed by atoms with E-state index in [1.807, 2.05) is 97.1 Å². The molecule has 7 aliphatic heterocycles. The van der Waals surface area contributed by atoms with Crippen molar-refractivity contribution in [1.82, 2.24) is 0 Å². The highest BCUT2D eigenvalue weighted by molar-refractivity contribution is 7.28. The molecule has 6 aromatic heterocycles. The van der Waals surface area contributed by atoms with Crippen molar-refractivity contribution in [2.45, 2.75) is 138 Å². The number of hydrogen-bond donors (Lipinski definition) is 0. The molecule has 116 heavy (non-hydrogen) atoms. The summed E-state index contributed by atoms with van der Waals surface area (Å²) in [7, 11) is 0. The molecule has 28 bridgehead atoms. The number of alkyl halides is 12. The molecule has 588 valence electrons. The third-order valence-electron chi connectivity index (χ3n) is 23.7. The van der Waals surface area contributed by atoms with Gasteiger partial charge < -0.3 is 18.9 Å². The fraction of sp³-hybridized carbons (Fsp3) is 0.234. The minimum atomic E-state index is -4.84. The van der Waals surface area contributed by atoms with Crippen LogP contribution in [0.25, 0.3) is 80.8 Å². The first-order valence-corrected chi connectivity index (χ1v) is 42.4. The molecule has 0 saturated carbocycles. The Balaban J connectivity index is 0.685. The summed E-state index contributed by atoms with van der Waals surface area (Å²) in [6.07, 6.45) is -17.1. The van der Waals surface area contributed by atoms with Gasteiger partial charge in [0.2, 0.25) is 0 Å². The van der Waals surface area contributed by atoms with E-state index in [9.17, 15) is 0 Å². The Kier molecular flexibility index (Phi) is 17.4. The van der Waals surface area contributed by atoms with Crippen LogP contribution < -0.4 is 18.9 Å². The maximum Gasteiger partial charge on any atom is 0.420 e. The summed E-state index contributed by atoms with van der Waals surface area (Å²) in [5, 5.41) is 0. The van der Waals surface area contributed by atoms with Crippen LogP contribution in [-0.2, 0) is 57.2 Å². The SMILES string of the molecule is CC1(C)CC23CC(C)(C)c4ccc(cc42)Oc2ccc(cc2C(F)(F)F)-c2ccc(s2)-c2ccc(s2)-c2ccc(s2)-c2ccc(c(C(F)(F)F)c2)Oc2ccc4c(c2)C2(CC(C)(C)c5ccc(cc52)Oc2ccc(cc2C(F)(F)F)-c2ccc(s2)-c2ccc(s2)-c2ccc(s2)-c2ccc(c(C(F)(F)F)c2)Oc2ccc1c3c2)CC4(C)C. The minimum absolute atomic E-state index is 0.174. The molecule has 25 rings (SSSR count). The van der Waals surface area contributed by atoms with E-state index >= 15 is 52.7 Å². The van der Waals surface area contributed by atoms with Gasteiger partial charge in [0, 0.05) is 69.4 Å². The first-order valence-electron chi connectivity index (χ1n) is 37.5. The molecule has 22 heteroatoms. The van der Waals surface area contributed by atoms with Gasteiger partial charge in [-0.1, -0.05) is 79.7 Å². The first kappa shape index (κ1) is 76.3. The predicted octanol–water partition coefficient (Wildman–Crippen LogP) is 32.2. The van der Waals surface area contributed by atoms with Crippen LogP contribution in [-0.4, -0.2) is 0 Å². The van der Waals surface area contributed by atoms with Crippen molar-refractivity contribution in [3.63, 3.8) is 0 Å². The van der Waals surface area contributed by atoms with Gasteiger partial charge in [-0.2, -0.15) is 52.7 Å². The Morgan fingerprint density at radius 2 is 0.397 bits per heavy atom. The van der Waals surface area contributed by atoms with E-state index < -0.39 is 102 Å². The fourth-order valence-corrected chi connectivity index (χ4v) is 25.4. The third-order valence-corrected chi connectivity index (χ3v) is 31.2. The van der Waals surface area contributed by atoms with Gasteiger partial charge in [-0.15, -0.1) is 68.0 Å². The third kappa shape index (κ3) is 13.0. The quantitative estimate of drug-likeness (QED) is 0.142. The number of rotatable bonds is 0. The lowest BCUT2D eigenvalue weighted by atomic mass is 9.72. The molecule has 0 radical (unpaired) electrons. The summed E-state index contributed by atoms with van der Waals surface area (Å²) < 4.78 is 211. The number of thiophene rings is 6. The molecule has 0 saturated heterocycles. The van der Waals surface area contributed by atoms with E-state index in [1.165, 1.54) is 92.3 Å². The zero-order valence-electron chi connectivity index (χ0n) is 63.2. The van der Waals surface area contributed by atoms with E-state index in [-0.39, 0.29) is 23.0 Å². The van der Waals surface area contributed by atoms with Crippen LogP contribution in [0.15, 0.2) is 218 Å². The molecule has 0 unspecified atom stereocenters. The Morgan fingerprint density at radius 3 is 0.586 bits per heavy atom. The van der Waals surface area contributed by atoms with Crippen molar-refractivity contribution in [2.75, 3.05) is 0 Å². The minimum Gasteiger partial charge on any atom is -0.457 e. The molecule has 0 amide bonds. The normalized spacial score (nSPS) is 17.0. The van der Waals surface area contributed by atoms with Crippen molar-refractivity contribution in [3.05, 3.63) is 285 Å². The van der Waals surface area contributed by atoms with Crippen LogP contribution >= 0.6 is 68.0 Å². The maximum absolute atomic E-state index is 15.5. The van der Waals surface area contributed by atoms with Crippen LogP contribution in [0.4, 0.5) is 52.7 Å². The van der Waals surface area contributed by atoms with Gasteiger partial charge >= 0.3 is 24.7 Å². The molecule has 4 aliphatic carbocycles. The average Bonchev–Trinajstić information content (AvgIpc) is 1.53. The molecule has 0 fully saturated rings. The molecule has 8 aromatic carbocycles. The molecule has 14 aromatic rings. The summed E-state index contributed by atoms with van der Waals surface area (Å²) in [4.78, 5) is 8.72. The Bertz CT molecular complexity index is 5600. The Morgan fingerprint density at radius 1 is 0.216 bits per heavy atom. The van der Waals surface area contributed by atoms with Crippen LogP contribution in [0.2, 0.25) is 0 Å². The summed E-state index contributed by atoms with van der Waals surface area (Å²) in [5.41, 5.74) is 1.19. The van der Waals surface area contributed by atoms with Gasteiger partial charge in [0.15, 0.2) is 0 Å². The van der Waals surface area contributed by atoms with E-state index in [0.29, 0.717) is 67.4 Å². The molecule has 0 atom stereocenters. The molecular weight excluding hydrogens is 1610 g/mol. The first-order chi connectivity index (χ1) is 54.8. The molecule has 0 N–H and O–H groups in total. The van der Waals surface area contributed by atoms with Crippen LogP contribution in [0.3, 0.4) is 0 Å². The van der Waals surface area contributed by atoms with E-state index in [2.05, 4.69) is 55.4 Å². The van der Waals surface area contributed by atoms with Gasteiger partial charge in [0.25, 0.3) is 0 Å². The van der Waals surface area contributed by atoms with Crippen molar-refractivity contribution in [2.24, 2.45) is 0 Å². The van der Waals surface area contributed by atoms with E-state index in [4.69, 9.17) is 18.9 Å². The van der Waals surface area contributed by atoms with Gasteiger partial charge in [0.1, 0.15) is 46.0 Å². The molecule has 4 nitrogen and oxygen atoms in total. The van der Waals surface area contributed by atoms with Crippen molar-refractivity contribution >= 4 is 68.0 Å². The van der Waals surface area contributed by atoms with Crippen molar-refractivity contribution < 1.29 is 71.6 Å². The highest BCUT2D eigenvalue weighted by Crippen LogP contribution is 2.67. The lowest BCUT2D eigenvalue weighted by Gasteiger charge is -2.31. The Hall–Kier alpha value is -9.68. The fourth-order valence-electron chi connectivity index (χ4n) is 19.1. The number of halogens is 12. The van der Waals surface area contributed by atoms with E-state index in [1.54, 1.807) is 72.8 Å². The molecular formula is C94H68F12O4S6. The topological polar surface area (TPSA) is 36.9 Å². The molecule has 11 aliphatic rings. The zero-order chi connectivity index (χ0) is 81.1. The van der Waals surface area contributed by atoms with Gasteiger partial charge in [0.05, 0.1) is 22.3 Å². The van der Waals surface area contributed by atoms with E-state index in [0.717, 1.165) is 108 Å². The molecule has 2 spiro atoms. The second-order valence-electron chi connectivity index (χ2n) is 33.5. The van der Waals surface area contributed by atoms with Gasteiger partial charge in [-0.05, 0) is 308 Å². The monoisotopic (exact) mass is 1680 g/mol. The second kappa shape index (κ2) is 26.4. The van der Waals surface area contributed by atoms with Gasteiger partial charge in [-0.3, -0.25) is 0 Å². The Labute approximate surface area is 684 Å². The maximum atomic E-state index is 15.5. The number of benzene rings is 8. The summed E-state index contributed by atoms with van der Waals surface area (Å²) >= 11 is 8.12. The number of ether oxygens (including phenoxy) is 4. The average molecular weight is 1680 g/mol. The van der Waals surface area contributed by atoms with Crippen LogP contribution in [0.5, 0.6) is 46.0 Å². The molecule has 13 heterocycles. The highest BCUT2D eigenvalue weighted by Gasteiger charge is 2.59. The zero-order valence-corrected chi connectivity index (χ0v) is 68.1. The highest BCUT2D eigenvalue weighted by atomic mass is 32.1. The van der Waals surface area contributed by atoms with Gasteiger partial charge in [-0.25, -0.2) is 0 Å².